The van der Waals surface area contributed by atoms with Crippen molar-refractivity contribution >= 4 is 5.57 Å². The zero-order valence-corrected chi connectivity index (χ0v) is 8.10. The molecule has 0 fully saturated rings. The molecule has 1 aromatic heterocycles. The molecule has 0 aliphatic carbocycles. The predicted molar refractivity (Wildman–Crippen MR) is 49.8 cm³/mol. The van der Waals surface area contributed by atoms with E-state index in [0.29, 0.717) is 5.82 Å². The molecule has 0 aliphatic rings. The SMILES string of the molecule is C=C(C)c1n[nH]c(C(C)(C)C)n1. The van der Waals surface area contributed by atoms with Gasteiger partial charge in [0, 0.05) is 5.41 Å². The topological polar surface area (TPSA) is 41.6 Å². The van der Waals surface area contributed by atoms with Crippen molar-refractivity contribution in [3.63, 3.8) is 0 Å². The minimum absolute atomic E-state index is 0.0285. The summed E-state index contributed by atoms with van der Waals surface area (Å²) in [5, 5.41) is 6.95. The maximum Gasteiger partial charge on any atom is 0.176 e. The highest BCUT2D eigenvalue weighted by Crippen LogP contribution is 2.18. The van der Waals surface area contributed by atoms with E-state index < -0.39 is 0 Å². The number of hydrogen-bond acceptors (Lipinski definition) is 2. The van der Waals surface area contributed by atoms with Crippen LogP contribution in [0.25, 0.3) is 5.57 Å². The van der Waals surface area contributed by atoms with Crippen molar-refractivity contribution in [3.05, 3.63) is 18.2 Å². The fourth-order valence-electron chi connectivity index (χ4n) is 0.788. The molecule has 0 aromatic carbocycles. The largest absolute Gasteiger partial charge is 0.262 e. The first-order valence-corrected chi connectivity index (χ1v) is 4.00. The van der Waals surface area contributed by atoms with Gasteiger partial charge >= 0.3 is 0 Å². The van der Waals surface area contributed by atoms with Crippen LogP contribution in [0.2, 0.25) is 0 Å². The fraction of sp³-hybridized carbons (Fsp3) is 0.556. The van der Waals surface area contributed by atoms with Gasteiger partial charge in [0.1, 0.15) is 5.82 Å². The summed E-state index contributed by atoms with van der Waals surface area (Å²) in [5.41, 5.74) is 0.919. The molecule has 1 N–H and O–H groups in total. The van der Waals surface area contributed by atoms with Crippen molar-refractivity contribution in [1.29, 1.82) is 0 Å². The van der Waals surface area contributed by atoms with Gasteiger partial charge in [-0.3, -0.25) is 5.10 Å². The summed E-state index contributed by atoms with van der Waals surface area (Å²) in [6.07, 6.45) is 0. The summed E-state index contributed by atoms with van der Waals surface area (Å²) in [4.78, 5) is 4.31. The normalized spacial score (nSPS) is 11.7. The van der Waals surface area contributed by atoms with E-state index in [9.17, 15) is 0 Å². The Morgan fingerprint density at radius 3 is 2.25 bits per heavy atom. The Balaban J connectivity index is 3.00. The molecule has 0 radical (unpaired) electrons. The van der Waals surface area contributed by atoms with E-state index in [-0.39, 0.29) is 5.41 Å². The van der Waals surface area contributed by atoms with E-state index >= 15 is 0 Å². The Bertz CT molecular complexity index is 291. The lowest BCUT2D eigenvalue weighted by atomic mass is 9.96. The second-order valence-corrected chi connectivity index (χ2v) is 4.04. The Hall–Kier alpha value is -1.12. The predicted octanol–water partition coefficient (Wildman–Crippen LogP) is 2.14. The molecule has 1 heterocycles. The minimum atomic E-state index is 0.0285. The lowest BCUT2D eigenvalue weighted by Crippen LogP contribution is -2.13. The zero-order valence-electron chi connectivity index (χ0n) is 8.10. The molecule has 1 rings (SSSR count). The number of rotatable bonds is 1. The van der Waals surface area contributed by atoms with E-state index in [0.717, 1.165) is 11.4 Å². The average Bonchev–Trinajstić information content (AvgIpc) is 2.30. The third-order valence-corrected chi connectivity index (χ3v) is 1.58. The standard InChI is InChI=1S/C9H15N3/c1-6(2)7-10-8(12-11-7)9(3,4)5/h1H2,2-5H3,(H,10,11,12). The summed E-state index contributed by atoms with van der Waals surface area (Å²) in [5.74, 6) is 1.61. The van der Waals surface area contributed by atoms with Gasteiger partial charge in [-0.1, -0.05) is 27.4 Å². The van der Waals surface area contributed by atoms with Crippen molar-refractivity contribution in [2.75, 3.05) is 0 Å². The van der Waals surface area contributed by atoms with Gasteiger partial charge in [-0.15, -0.1) is 0 Å². The van der Waals surface area contributed by atoms with Crippen molar-refractivity contribution in [1.82, 2.24) is 15.2 Å². The van der Waals surface area contributed by atoms with Gasteiger partial charge in [0.2, 0.25) is 0 Å². The van der Waals surface area contributed by atoms with Gasteiger partial charge in [-0.05, 0) is 12.5 Å². The van der Waals surface area contributed by atoms with E-state index in [1.807, 2.05) is 6.92 Å². The molecule has 0 saturated carbocycles. The molecule has 0 aliphatic heterocycles. The Morgan fingerprint density at radius 1 is 1.42 bits per heavy atom. The number of aromatic amines is 1. The lowest BCUT2D eigenvalue weighted by molar-refractivity contribution is 0.548. The number of hydrogen-bond donors (Lipinski definition) is 1. The summed E-state index contributed by atoms with van der Waals surface area (Å²) >= 11 is 0. The molecule has 3 nitrogen and oxygen atoms in total. The Morgan fingerprint density at radius 2 is 2.00 bits per heavy atom. The Kier molecular flexibility index (Phi) is 2.04. The molecule has 0 spiro atoms. The van der Waals surface area contributed by atoms with Crippen molar-refractivity contribution in [3.8, 4) is 0 Å². The third-order valence-electron chi connectivity index (χ3n) is 1.58. The molecule has 1 aromatic rings. The average molecular weight is 165 g/mol. The number of aromatic nitrogens is 3. The zero-order chi connectivity index (χ0) is 9.35. The minimum Gasteiger partial charge on any atom is -0.262 e. The van der Waals surface area contributed by atoms with E-state index in [1.165, 1.54) is 0 Å². The molecule has 12 heavy (non-hydrogen) atoms. The quantitative estimate of drug-likeness (QED) is 0.692. The van der Waals surface area contributed by atoms with Crippen LogP contribution in [0.1, 0.15) is 39.3 Å². The molecule has 3 heteroatoms. The molecule has 0 bridgehead atoms. The van der Waals surface area contributed by atoms with E-state index in [1.54, 1.807) is 0 Å². The summed E-state index contributed by atoms with van der Waals surface area (Å²) < 4.78 is 0. The van der Waals surface area contributed by atoms with Gasteiger partial charge in [0.25, 0.3) is 0 Å². The van der Waals surface area contributed by atoms with Crippen LogP contribution >= 0.6 is 0 Å². The maximum absolute atomic E-state index is 4.31. The molecule has 0 unspecified atom stereocenters. The molecule has 0 atom stereocenters. The van der Waals surface area contributed by atoms with Crippen LogP contribution in [0.4, 0.5) is 0 Å². The van der Waals surface area contributed by atoms with E-state index in [2.05, 4.69) is 42.5 Å². The smallest absolute Gasteiger partial charge is 0.176 e. The summed E-state index contributed by atoms with van der Waals surface area (Å²) in [6, 6.07) is 0. The van der Waals surface area contributed by atoms with Crippen LogP contribution in [-0.4, -0.2) is 15.2 Å². The summed E-state index contributed by atoms with van der Waals surface area (Å²) in [7, 11) is 0. The highest BCUT2D eigenvalue weighted by atomic mass is 15.2. The first-order valence-electron chi connectivity index (χ1n) is 4.00. The van der Waals surface area contributed by atoms with Crippen LogP contribution in [0, 0.1) is 0 Å². The highest BCUT2D eigenvalue weighted by molar-refractivity contribution is 5.53. The van der Waals surface area contributed by atoms with Crippen LogP contribution < -0.4 is 0 Å². The highest BCUT2D eigenvalue weighted by Gasteiger charge is 2.18. The van der Waals surface area contributed by atoms with Crippen molar-refractivity contribution in [2.24, 2.45) is 0 Å². The van der Waals surface area contributed by atoms with Crippen LogP contribution in [0.5, 0.6) is 0 Å². The van der Waals surface area contributed by atoms with Gasteiger partial charge in [-0.2, -0.15) is 5.10 Å². The van der Waals surface area contributed by atoms with Crippen molar-refractivity contribution in [2.45, 2.75) is 33.1 Å². The first kappa shape index (κ1) is 8.97. The second kappa shape index (κ2) is 2.73. The molecule has 66 valence electrons. The summed E-state index contributed by atoms with van der Waals surface area (Å²) in [6.45, 7) is 12.0. The van der Waals surface area contributed by atoms with Crippen LogP contribution in [0.15, 0.2) is 6.58 Å². The molecular formula is C9H15N3. The van der Waals surface area contributed by atoms with Crippen LogP contribution in [-0.2, 0) is 5.41 Å². The number of allylic oxidation sites excluding steroid dienone is 1. The van der Waals surface area contributed by atoms with Crippen molar-refractivity contribution < 1.29 is 0 Å². The maximum atomic E-state index is 4.31. The van der Waals surface area contributed by atoms with Gasteiger partial charge in [0.05, 0.1) is 0 Å². The second-order valence-electron chi connectivity index (χ2n) is 4.04. The molecule has 0 amide bonds. The van der Waals surface area contributed by atoms with Gasteiger partial charge < -0.3 is 0 Å². The first-order chi connectivity index (χ1) is 5.41. The number of H-pyrrole nitrogens is 1. The molecular weight excluding hydrogens is 150 g/mol. The third kappa shape index (κ3) is 1.72. The number of nitrogens with zero attached hydrogens (tertiary/aromatic N) is 2. The van der Waals surface area contributed by atoms with Gasteiger partial charge in [-0.25, -0.2) is 4.98 Å². The lowest BCUT2D eigenvalue weighted by Gasteiger charge is -2.12. The van der Waals surface area contributed by atoms with Crippen LogP contribution in [0.3, 0.4) is 0 Å². The monoisotopic (exact) mass is 165 g/mol. The Labute approximate surface area is 72.9 Å². The number of nitrogens with one attached hydrogen (secondary N) is 1. The van der Waals surface area contributed by atoms with E-state index in [4.69, 9.17) is 0 Å². The van der Waals surface area contributed by atoms with Gasteiger partial charge in [0.15, 0.2) is 5.82 Å². The molecule has 0 saturated heterocycles. The fourth-order valence-corrected chi connectivity index (χ4v) is 0.788.